The number of carbonyl (C=O) groups excluding carboxylic acids is 1. The van der Waals surface area contributed by atoms with Gasteiger partial charge in [-0.3, -0.25) is 4.79 Å². The molecule has 2 N–H and O–H groups in total. The molecule has 8 heteroatoms. The molecule has 6 nitrogen and oxygen atoms in total. The Kier molecular flexibility index (Phi) is 4.88. The number of fused-ring (bicyclic) bond motifs is 1. The average Bonchev–Trinajstić information content (AvgIpc) is 3.32. The van der Waals surface area contributed by atoms with Crippen LogP contribution in [-0.4, -0.2) is 28.6 Å². The van der Waals surface area contributed by atoms with Crippen molar-refractivity contribution in [2.45, 2.75) is 46.1 Å². The van der Waals surface area contributed by atoms with Gasteiger partial charge in [-0.2, -0.15) is 0 Å². The number of ether oxygens (including phenoxy) is 1. The van der Waals surface area contributed by atoms with Crippen LogP contribution >= 0.6 is 22.7 Å². The Morgan fingerprint density at radius 2 is 1.93 bits per heavy atom. The Labute approximate surface area is 164 Å². The standard InChI is InChI=1S/C19H20N2O4S2/c1-9-10(2)26-17(20-9)15-13-6-7-25-8-14(13)27-18(15)21-16(22)11-4-3-5-12(11)19(23)24/h3-8H2,1-2H3,(H,21,22)(H,23,24). The van der Waals surface area contributed by atoms with Crippen LogP contribution in [0, 0.1) is 13.8 Å². The molecule has 1 amide bonds. The zero-order chi connectivity index (χ0) is 19.1. The number of thiazole rings is 1. The Hall–Kier alpha value is -2.03. The van der Waals surface area contributed by atoms with E-state index in [1.54, 1.807) is 11.3 Å². The van der Waals surface area contributed by atoms with Crippen LogP contribution in [0.4, 0.5) is 5.00 Å². The second-order valence-corrected chi connectivity index (χ2v) is 9.05. The molecule has 2 aliphatic rings. The normalized spacial score (nSPS) is 16.5. The monoisotopic (exact) mass is 404 g/mol. The SMILES string of the molecule is Cc1nc(-c2c(NC(=O)C3=C(C(=O)O)CCC3)sc3c2CCOC3)sc1C. The number of aliphatic carboxylic acids is 1. The number of hydrogen-bond acceptors (Lipinski definition) is 6. The van der Waals surface area contributed by atoms with Gasteiger partial charge in [-0.15, -0.1) is 22.7 Å². The molecular formula is C19H20N2O4S2. The highest BCUT2D eigenvalue weighted by Crippen LogP contribution is 2.45. The molecule has 0 saturated heterocycles. The number of rotatable bonds is 4. The predicted octanol–water partition coefficient (Wildman–Crippen LogP) is 4.06. The van der Waals surface area contributed by atoms with Crippen LogP contribution in [-0.2, 0) is 27.4 Å². The van der Waals surface area contributed by atoms with Crippen LogP contribution in [0.1, 0.15) is 40.3 Å². The second-order valence-electron chi connectivity index (χ2n) is 6.74. The highest BCUT2D eigenvalue weighted by molar-refractivity contribution is 7.19. The van der Waals surface area contributed by atoms with Crippen LogP contribution in [0.2, 0.25) is 0 Å². The summed E-state index contributed by atoms with van der Waals surface area (Å²) in [5.41, 5.74) is 3.78. The van der Waals surface area contributed by atoms with E-state index in [0.717, 1.165) is 37.4 Å². The fourth-order valence-electron chi connectivity index (χ4n) is 3.54. The summed E-state index contributed by atoms with van der Waals surface area (Å²) in [6.07, 6.45) is 2.45. The maximum Gasteiger partial charge on any atom is 0.332 e. The maximum atomic E-state index is 12.8. The molecule has 27 heavy (non-hydrogen) atoms. The Bertz CT molecular complexity index is 951. The number of carbonyl (C=O) groups is 2. The lowest BCUT2D eigenvalue weighted by molar-refractivity contribution is -0.133. The molecule has 4 rings (SSSR count). The van der Waals surface area contributed by atoms with Crippen LogP contribution in [0.3, 0.4) is 0 Å². The lowest BCUT2D eigenvalue weighted by atomic mass is 10.1. The summed E-state index contributed by atoms with van der Waals surface area (Å²) >= 11 is 3.13. The van der Waals surface area contributed by atoms with Crippen molar-refractivity contribution in [3.8, 4) is 10.6 Å². The zero-order valence-electron chi connectivity index (χ0n) is 15.2. The summed E-state index contributed by atoms with van der Waals surface area (Å²) in [6.45, 7) is 5.22. The van der Waals surface area contributed by atoms with Gasteiger partial charge in [0.1, 0.15) is 10.0 Å². The number of anilines is 1. The first kappa shape index (κ1) is 18.3. The summed E-state index contributed by atoms with van der Waals surface area (Å²) in [4.78, 5) is 31.2. The number of nitrogens with one attached hydrogen (secondary N) is 1. The number of aromatic nitrogens is 1. The molecule has 0 bridgehead atoms. The first-order valence-electron chi connectivity index (χ1n) is 8.89. The minimum atomic E-state index is -0.997. The number of carboxylic acids is 1. The molecule has 0 spiro atoms. The summed E-state index contributed by atoms with van der Waals surface area (Å²) in [7, 11) is 0. The molecule has 0 saturated carbocycles. The van der Waals surface area contributed by atoms with Gasteiger partial charge in [0, 0.05) is 26.5 Å². The van der Waals surface area contributed by atoms with Gasteiger partial charge >= 0.3 is 5.97 Å². The molecule has 0 unspecified atom stereocenters. The van der Waals surface area contributed by atoms with Gasteiger partial charge in [-0.25, -0.2) is 9.78 Å². The molecule has 2 aromatic rings. The quantitative estimate of drug-likeness (QED) is 0.802. The minimum Gasteiger partial charge on any atom is -0.478 e. The third kappa shape index (κ3) is 3.33. The summed E-state index contributed by atoms with van der Waals surface area (Å²) in [6, 6.07) is 0. The maximum absolute atomic E-state index is 12.8. The Balaban J connectivity index is 1.75. The number of nitrogens with zero attached hydrogens (tertiary/aromatic N) is 1. The van der Waals surface area contributed by atoms with Gasteiger partial charge in [-0.1, -0.05) is 0 Å². The van der Waals surface area contributed by atoms with Crippen molar-refractivity contribution in [1.29, 1.82) is 0 Å². The fraction of sp³-hybridized carbons (Fsp3) is 0.421. The summed E-state index contributed by atoms with van der Waals surface area (Å²) < 4.78 is 5.58. The number of aryl methyl sites for hydroxylation is 2. The minimum absolute atomic E-state index is 0.236. The zero-order valence-corrected chi connectivity index (χ0v) is 16.8. The van der Waals surface area contributed by atoms with E-state index in [4.69, 9.17) is 9.72 Å². The van der Waals surface area contributed by atoms with E-state index >= 15 is 0 Å². The van der Waals surface area contributed by atoms with Gasteiger partial charge in [0.05, 0.1) is 18.9 Å². The molecule has 0 atom stereocenters. The molecule has 0 radical (unpaired) electrons. The van der Waals surface area contributed by atoms with Crippen molar-refractivity contribution < 1.29 is 19.4 Å². The number of thiophene rings is 1. The van der Waals surface area contributed by atoms with Crippen molar-refractivity contribution in [2.24, 2.45) is 0 Å². The Morgan fingerprint density at radius 3 is 2.63 bits per heavy atom. The first-order valence-corrected chi connectivity index (χ1v) is 10.5. The highest BCUT2D eigenvalue weighted by Gasteiger charge is 2.29. The van der Waals surface area contributed by atoms with E-state index < -0.39 is 5.97 Å². The van der Waals surface area contributed by atoms with Gasteiger partial charge in [0.25, 0.3) is 5.91 Å². The van der Waals surface area contributed by atoms with E-state index in [1.807, 2.05) is 13.8 Å². The first-order chi connectivity index (χ1) is 13.0. The summed E-state index contributed by atoms with van der Waals surface area (Å²) in [5.74, 6) is -1.31. The lowest BCUT2D eigenvalue weighted by Crippen LogP contribution is -2.16. The van der Waals surface area contributed by atoms with Gasteiger partial charge < -0.3 is 15.2 Å². The third-order valence-electron chi connectivity index (χ3n) is 5.04. The molecule has 3 heterocycles. The van der Waals surface area contributed by atoms with Crippen LogP contribution < -0.4 is 5.32 Å². The van der Waals surface area contributed by atoms with Crippen molar-refractivity contribution in [3.05, 3.63) is 32.2 Å². The van der Waals surface area contributed by atoms with E-state index in [2.05, 4.69) is 5.32 Å². The molecule has 0 fully saturated rings. The average molecular weight is 405 g/mol. The molecular weight excluding hydrogens is 384 g/mol. The molecule has 142 valence electrons. The second kappa shape index (κ2) is 7.18. The van der Waals surface area contributed by atoms with E-state index in [9.17, 15) is 14.7 Å². The lowest BCUT2D eigenvalue weighted by Gasteiger charge is -2.13. The van der Waals surface area contributed by atoms with E-state index in [-0.39, 0.29) is 11.5 Å². The third-order valence-corrected chi connectivity index (χ3v) is 7.25. The van der Waals surface area contributed by atoms with E-state index in [0.29, 0.717) is 38.0 Å². The largest absolute Gasteiger partial charge is 0.478 e. The molecule has 1 aliphatic carbocycles. The molecule has 2 aromatic heterocycles. The van der Waals surface area contributed by atoms with Crippen molar-refractivity contribution in [3.63, 3.8) is 0 Å². The van der Waals surface area contributed by atoms with Gasteiger partial charge in [-0.05, 0) is 45.1 Å². The fourth-order valence-corrected chi connectivity index (χ4v) is 5.77. The number of hydrogen-bond donors (Lipinski definition) is 2. The van der Waals surface area contributed by atoms with Crippen LogP contribution in [0.5, 0.6) is 0 Å². The summed E-state index contributed by atoms with van der Waals surface area (Å²) in [5, 5.41) is 14.0. The van der Waals surface area contributed by atoms with Gasteiger partial charge in [0.15, 0.2) is 0 Å². The Morgan fingerprint density at radius 1 is 1.15 bits per heavy atom. The van der Waals surface area contributed by atoms with E-state index in [1.165, 1.54) is 16.9 Å². The molecule has 0 aromatic carbocycles. The number of amides is 1. The van der Waals surface area contributed by atoms with Crippen molar-refractivity contribution >= 4 is 39.6 Å². The van der Waals surface area contributed by atoms with Crippen LogP contribution in [0.25, 0.3) is 10.6 Å². The van der Waals surface area contributed by atoms with Crippen molar-refractivity contribution in [1.82, 2.24) is 4.98 Å². The molecule has 1 aliphatic heterocycles. The smallest absolute Gasteiger partial charge is 0.332 e. The number of carboxylic acid groups (broad SMARTS) is 1. The van der Waals surface area contributed by atoms with Crippen molar-refractivity contribution in [2.75, 3.05) is 11.9 Å². The van der Waals surface area contributed by atoms with Crippen LogP contribution in [0.15, 0.2) is 11.1 Å². The predicted molar refractivity (Wildman–Crippen MR) is 105 cm³/mol. The topological polar surface area (TPSA) is 88.5 Å². The highest BCUT2D eigenvalue weighted by atomic mass is 32.1. The van der Waals surface area contributed by atoms with Gasteiger partial charge in [0.2, 0.25) is 0 Å².